The van der Waals surface area contributed by atoms with Crippen molar-refractivity contribution < 1.29 is 23.7 Å². The molecule has 0 fully saturated rings. The largest absolute Gasteiger partial charge is 0.504 e. The Bertz CT molecular complexity index is 1260. The first kappa shape index (κ1) is 20.6. The van der Waals surface area contributed by atoms with Crippen LogP contribution in [0.4, 0.5) is 0 Å². The Hall–Kier alpha value is -3.65. The summed E-state index contributed by atoms with van der Waals surface area (Å²) in [4.78, 5) is 17.5. The molecule has 0 atom stereocenters. The summed E-state index contributed by atoms with van der Waals surface area (Å²) in [7, 11) is 3.00. The molecule has 7 nitrogen and oxygen atoms in total. The van der Waals surface area contributed by atoms with E-state index in [-0.39, 0.29) is 40.3 Å². The van der Waals surface area contributed by atoms with Crippen molar-refractivity contribution in [3.05, 3.63) is 76.7 Å². The summed E-state index contributed by atoms with van der Waals surface area (Å²) < 4.78 is 22.2. The van der Waals surface area contributed by atoms with Gasteiger partial charge in [-0.3, -0.25) is 9.78 Å². The Labute approximate surface area is 182 Å². The average molecular weight is 437 g/mol. The van der Waals surface area contributed by atoms with Crippen LogP contribution in [0.1, 0.15) is 5.56 Å². The van der Waals surface area contributed by atoms with Crippen LogP contribution in [0, 0.1) is 0 Å². The number of hydrogen-bond acceptors (Lipinski definition) is 8. The monoisotopic (exact) mass is 437 g/mol. The third kappa shape index (κ3) is 4.44. The summed E-state index contributed by atoms with van der Waals surface area (Å²) in [6.07, 6.45) is 3.31. The van der Waals surface area contributed by atoms with E-state index in [1.54, 1.807) is 25.6 Å². The summed E-state index contributed by atoms with van der Waals surface area (Å²) in [5, 5.41) is 11.1. The maximum atomic E-state index is 12.7. The number of hydrogen-bond donors (Lipinski definition) is 1. The van der Waals surface area contributed by atoms with Crippen molar-refractivity contribution in [3.63, 3.8) is 0 Å². The number of methoxy groups -OCH3 is 2. The summed E-state index contributed by atoms with van der Waals surface area (Å²) in [5.41, 5.74) is 0.716. The topological polar surface area (TPSA) is 91.0 Å². The first-order chi connectivity index (χ1) is 15.1. The zero-order valence-electron chi connectivity index (χ0n) is 16.8. The molecule has 0 aliphatic rings. The van der Waals surface area contributed by atoms with Gasteiger partial charge in [-0.05, 0) is 29.8 Å². The van der Waals surface area contributed by atoms with Gasteiger partial charge in [0.25, 0.3) is 0 Å². The van der Waals surface area contributed by atoms with Gasteiger partial charge in [-0.1, -0.05) is 23.9 Å². The minimum absolute atomic E-state index is 0.0349. The number of phenolic OH excluding ortho intramolecular Hbond substituents is 1. The fourth-order valence-corrected chi connectivity index (χ4v) is 3.79. The van der Waals surface area contributed by atoms with E-state index in [2.05, 4.69) is 4.98 Å². The molecular formula is C23H19NO6S. The highest BCUT2D eigenvalue weighted by molar-refractivity contribution is 7.99. The molecule has 0 saturated carbocycles. The van der Waals surface area contributed by atoms with Crippen LogP contribution in [-0.4, -0.2) is 24.3 Å². The predicted octanol–water partition coefficient (Wildman–Crippen LogP) is 4.64. The van der Waals surface area contributed by atoms with Crippen molar-refractivity contribution in [3.8, 4) is 23.0 Å². The molecule has 2 aromatic carbocycles. The minimum Gasteiger partial charge on any atom is -0.504 e. The maximum absolute atomic E-state index is 12.7. The van der Waals surface area contributed by atoms with Gasteiger partial charge in [0.05, 0.1) is 14.2 Å². The standard InChI is InChI=1S/C23H19NO6S/c1-27-15-5-3-14(4-6-15)13-29-19-12-18-21(22(26)23(19)28-2)17(25)11-20(30-18)31-16-7-9-24-10-8-16/h3-12,26H,13H2,1-2H3. The highest BCUT2D eigenvalue weighted by atomic mass is 32.2. The van der Waals surface area contributed by atoms with Crippen molar-refractivity contribution in [2.24, 2.45) is 0 Å². The minimum atomic E-state index is -0.379. The quantitative estimate of drug-likeness (QED) is 0.447. The first-order valence-corrected chi connectivity index (χ1v) is 10.1. The van der Waals surface area contributed by atoms with Gasteiger partial charge in [0.1, 0.15) is 23.3 Å². The number of rotatable bonds is 7. The highest BCUT2D eigenvalue weighted by Gasteiger charge is 2.20. The lowest BCUT2D eigenvalue weighted by atomic mass is 10.2. The summed E-state index contributed by atoms with van der Waals surface area (Å²) in [5.74, 6) is 0.755. The molecule has 2 heterocycles. The van der Waals surface area contributed by atoms with E-state index in [9.17, 15) is 9.90 Å². The van der Waals surface area contributed by atoms with Gasteiger partial charge in [-0.15, -0.1) is 0 Å². The number of nitrogens with zero attached hydrogens (tertiary/aromatic N) is 1. The second-order valence-electron chi connectivity index (χ2n) is 6.48. The van der Waals surface area contributed by atoms with Crippen LogP contribution in [0.3, 0.4) is 0 Å². The van der Waals surface area contributed by atoms with E-state index in [1.807, 2.05) is 36.4 Å². The predicted molar refractivity (Wildman–Crippen MR) is 116 cm³/mol. The Morgan fingerprint density at radius 3 is 2.45 bits per heavy atom. The van der Waals surface area contributed by atoms with Crippen molar-refractivity contribution in [2.75, 3.05) is 14.2 Å². The molecule has 2 aromatic heterocycles. The summed E-state index contributed by atoms with van der Waals surface area (Å²) in [6, 6.07) is 13.9. The Balaban J connectivity index is 1.69. The third-order valence-electron chi connectivity index (χ3n) is 4.52. The summed E-state index contributed by atoms with van der Waals surface area (Å²) >= 11 is 1.28. The normalized spacial score (nSPS) is 10.8. The van der Waals surface area contributed by atoms with E-state index >= 15 is 0 Å². The van der Waals surface area contributed by atoms with Crippen LogP contribution in [0.2, 0.25) is 0 Å². The SMILES string of the molecule is COc1ccc(COc2cc3oc(Sc4ccncc4)cc(=O)c3c(O)c2OC)cc1. The Kier molecular flexibility index (Phi) is 5.99. The number of pyridine rings is 1. The lowest BCUT2D eigenvalue weighted by Gasteiger charge is -2.14. The number of fused-ring (bicyclic) bond motifs is 1. The molecule has 8 heteroatoms. The van der Waals surface area contributed by atoms with E-state index in [1.165, 1.54) is 24.9 Å². The Morgan fingerprint density at radius 2 is 1.77 bits per heavy atom. The van der Waals surface area contributed by atoms with Gasteiger partial charge in [0, 0.05) is 29.4 Å². The van der Waals surface area contributed by atoms with Crippen LogP contribution in [0.15, 0.2) is 80.1 Å². The number of benzene rings is 2. The molecule has 0 amide bonds. The van der Waals surface area contributed by atoms with Crippen molar-refractivity contribution in [1.82, 2.24) is 4.98 Å². The average Bonchev–Trinajstić information content (AvgIpc) is 2.78. The molecule has 0 aliphatic heterocycles. The third-order valence-corrected chi connectivity index (χ3v) is 5.43. The maximum Gasteiger partial charge on any atom is 0.204 e. The fraction of sp³-hybridized carbons (Fsp3) is 0.130. The molecule has 4 aromatic rings. The Morgan fingerprint density at radius 1 is 1.03 bits per heavy atom. The zero-order valence-corrected chi connectivity index (χ0v) is 17.6. The molecular weight excluding hydrogens is 418 g/mol. The van der Waals surface area contributed by atoms with Crippen LogP contribution in [0.5, 0.6) is 23.0 Å². The molecule has 4 rings (SSSR count). The summed E-state index contributed by atoms with van der Waals surface area (Å²) in [6.45, 7) is 0.223. The molecule has 0 unspecified atom stereocenters. The van der Waals surface area contributed by atoms with Gasteiger partial charge in [0.2, 0.25) is 5.75 Å². The molecule has 31 heavy (non-hydrogen) atoms. The number of phenols is 1. The lowest BCUT2D eigenvalue weighted by Crippen LogP contribution is -2.03. The van der Waals surface area contributed by atoms with Crippen molar-refractivity contribution >= 4 is 22.7 Å². The van der Waals surface area contributed by atoms with E-state index < -0.39 is 0 Å². The van der Waals surface area contributed by atoms with Gasteiger partial charge in [-0.25, -0.2) is 0 Å². The second-order valence-corrected chi connectivity index (χ2v) is 7.56. The zero-order chi connectivity index (χ0) is 21.8. The lowest BCUT2D eigenvalue weighted by molar-refractivity contribution is 0.277. The first-order valence-electron chi connectivity index (χ1n) is 9.30. The fourth-order valence-electron chi connectivity index (χ4n) is 3.00. The van der Waals surface area contributed by atoms with Crippen molar-refractivity contribution in [2.45, 2.75) is 16.6 Å². The van der Waals surface area contributed by atoms with Crippen molar-refractivity contribution in [1.29, 1.82) is 0 Å². The van der Waals surface area contributed by atoms with Crippen LogP contribution >= 0.6 is 11.8 Å². The van der Waals surface area contributed by atoms with Crippen LogP contribution < -0.4 is 19.6 Å². The highest BCUT2D eigenvalue weighted by Crippen LogP contribution is 2.42. The van der Waals surface area contributed by atoms with Gasteiger partial charge in [0.15, 0.2) is 22.0 Å². The van der Waals surface area contributed by atoms with Gasteiger partial charge >= 0.3 is 0 Å². The molecule has 0 aliphatic carbocycles. The van der Waals surface area contributed by atoms with Gasteiger partial charge in [-0.2, -0.15) is 0 Å². The van der Waals surface area contributed by atoms with E-state index in [0.717, 1.165) is 16.2 Å². The number of ether oxygens (including phenoxy) is 3. The van der Waals surface area contributed by atoms with E-state index in [4.69, 9.17) is 18.6 Å². The second kappa shape index (κ2) is 9.01. The molecule has 0 spiro atoms. The van der Waals surface area contributed by atoms with Crippen LogP contribution in [-0.2, 0) is 6.61 Å². The molecule has 0 bridgehead atoms. The molecule has 0 saturated heterocycles. The molecule has 158 valence electrons. The van der Waals surface area contributed by atoms with E-state index in [0.29, 0.717) is 5.09 Å². The number of aromatic hydroxyl groups is 1. The molecule has 1 N–H and O–H groups in total. The molecule has 0 radical (unpaired) electrons. The van der Waals surface area contributed by atoms with Crippen LogP contribution in [0.25, 0.3) is 11.0 Å². The van der Waals surface area contributed by atoms with Gasteiger partial charge < -0.3 is 23.7 Å². The smallest absolute Gasteiger partial charge is 0.204 e. The number of aromatic nitrogens is 1.